The van der Waals surface area contributed by atoms with Crippen molar-refractivity contribution in [1.29, 1.82) is 0 Å². The summed E-state index contributed by atoms with van der Waals surface area (Å²) in [4.78, 5) is 0.907. The number of nitrogens with zero attached hydrogens (tertiary/aromatic N) is 2. The highest BCUT2D eigenvalue weighted by Crippen LogP contribution is 2.43. The van der Waals surface area contributed by atoms with E-state index in [0.29, 0.717) is 10.8 Å². The fourth-order valence-corrected chi connectivity index (χ4v) is 3.41. The summed E-state index contributed by atoms with van der Waals surface area (Å²) in [5.74, 6) is 1.34. The first-order valence-corrected chi connectivity index (χ1v) is 7.58. The Bertz CT molecular complexity index is 794. The molecule has 0 amide bonds. The number of rotatable bonds is 3. The van der Waals surface area contributed by atoms with E-state index in [9.17, 15) is 0 Å². The Balaban J connectivity index is 2.30. The molecule has 0 spiro atoms. The van der Waals surface area contributed by atoms with E-state index in [1.165, 1.54) is 0 Å². The number of hydrogen-bond acceptors (Lipinski definition) is 4. The molecule has 2 heterocycles. The molecule has 4 nitrogen and oxygen atoms in total. The van der Waals surface area contributed by atoms with E-state index in [4.69, 9.17) is 22.1 Å². The number of para-hydroxylation sites is 1. The van der Waals surface area contributed by atoms with Crippen LogP contribution in [-0.2, 0) is 7.05 Å². The van der Waals surface area contributed by atoms with Gasteiger partial charge in [0.05, 0.1) is 22.6 Å². The zero-order chi connectivity index (χ0) is 15.0. The molecule has 0 atom stereocenters. The smallest absolute Gasteiger partial charge is 0.130 e. The molecular weight excluding hydrogens is 306 g/mol. The van der Waals surface area contributed by atoms with Gasteiger partial charge in [0.2, 0.25) is 0 Å². The quantitative estimate of drug-likeness (QED) is 0.792. The molecule has 2 aromatic heterocycles. The second kappa shape index (κ2) is 5.42. The number of aryl methyl sites for hydroxylation is 1. The summed E-state index contributed by atoms with van der Waals surface area (Å²) in [6.45, 7) is 0. The first kappa shape index (κ1) is 14.0. The number of aromatic nitrogens is 2. The van der Waals surface area contributed by atoms with Gasteiger partial charge in [-0.25, -0.2) is 0 Å². The molecule has 0 unspecified atom stereocenters. The number of methoxy groups -OCH3 is 1. The van der Waals surface area contributed by atoms with E-state index in [1.807, 2.05) is 42.8 Å². The summed E-state index contributed by atoms with van der Waals surface area (Å²) < 4.78 is 7.10. The topological polar surface area (TPSA) is 53.1 Å². The van der Waals surface area contributed by atoms with Crippen LogP contribution in [0.2, 0.25) is 5.02 Å². The van der Waals surface area contributed by atoms with Gasteiger partial charge in [-0.05, 0) is 17.5 Å². The lowest BCUT2D eigenvalue weighted by Gasteiger charge is -2.09. The molecule has 0 aliphatic carbocycles. The number of halogens is 1. The van der Waals surface area contributed by atoms with Crippen LogP contribution in [0.1, 0.15) is 0 Å². The average molecular weight is 320 g/mol. The number of benzene rings is 1. The third-order valence-corrected chi connectivity index (χ3v) is 4.65. The minimum atomic E-state index is 0.582. The Labute approximate surface area is 131 Å². The molecule has 0 saturated carbocycles. The van der Waals surface area contributed by atoms with Crippen molar-refractivity contribution in [1.82, 2.24) is 9.78 Å². The van der Waals surface area contributed by atoms with Crippen molar-refractivity contribution in [3.8, 4) is 27.4 Å². The third-order valence-electron chi connectivity index (χ3n) is 3.30. The maximum Gasteiger partial charge on any atom is 0.130 e. The second-order valence-electron chi connectivity index (χ2n) is 4.53. The maximum atomic E-state index is 6.26. The van der Waals surface area contributed by atoms with E-state index >= 15 is 0 Å². The van der Waals surface area contributed by atoms with E-state index in [2.05, 4.69) is 5.10 Å². The molecule has 0 fully saturated rings. The molecule has 3 aromatic rings. The van der Waals surface area contributed by atoms with Gasteiger partial charge in [-0.2, -0.15) is 5.10 Å². The van der Waals surface area contributed by atoms with Gasteiger partial charge < -0.3 is 10.5 Å². The SMILES string of the molecule is COc1ccccc1-c1c(-c2sccc2Cl)nn(C)c1N. The number of ether oxygens (including phenoxy) is 1. The Morgan fingerprint density at radius 3 is 2.71 bits per heavy atom. The monoisotopic (exact) mass is 319 g/mol. The molecule has 108 valence electrons. The van der Waals surface area contributed by atoms with Crippen LogP contribution in [0, 0.1) is 0 Å². The van der Waals surface area contributed by atoms with Gasteiger partial charge >= 0.3 is 0 Å². The predicted molar refractivity (Wildman–Crippen MR) is 87.9 cm³/mol. The zero-order valence-corrected chi connectivity index (χ0v) is 13.2. The molecule has 3 rings (SSSR count). The minimum absolute atomic E-state index is 0.582. The first-order valence-electron chi connectivity index (χ1n) is 6.32. The summed E-state index contributed by atoms with van der Waals surface area (Å²) in [6.07, 6.45) is 0. The predicted octanol–water partition coefficient (Wildman–Crippen LogP) is 4.06. The molecule has 0 bridgehead atoms. The highest BCUT2D eigenvalue weighted by molar-refractivity contribution is 7.14. The van der Waals surface area contributed by atoms with E-state index in [-0.39, 0.29) is 0 Å². The van der Waals surface area contributed by atoms with E-state index < -0.39 is 0 Å². The average Bonchev–Trinajstić information content (AvgIpc) is 3.03. The van der Waals surface area contributed by atoms with Gasteiger partial charge in [0, 0.05) is 12.6 Å². The Hall–Kier alpha value is -1.98. The van der Waals surface area contributed by atoms with Crippen molar-refractivity contribution in [2.75, 3.05) is 12.8 Å². The molecule has 0 saturated heterocycles. The fourth-order valence-electron chi connectivity index (χ4n) is 2.28. The third kappa shape index (κ3) is 2.28. The van der Waals surface area contributed by atoms with Crippen LogP contribution in [0.4, 0.5) is 5.82 Å². The molecular formula is C15H14ClN3OS. The van der Waals surface area contributed by atoms with Crippen LogP contribution in [0.5, 0.6) is 5.75 Å². The second-order valence-corrected chi connectivity index (χ2v) is 5.85. The molecule has 0 radical (unpaired) electrons. The van der Waals surface area contributed by atoms with Gasteiger partial charge in [0.25, 0.3) is 0 Å². The van der Waals surface area contributed by atoms with Crippen molar-refractivity contribution in [3.63, 3.8) is 0 Å². The number of thiophene rings is 1. The van der Waals surface area contributed by atoms with Gasteiger partial charge in [0.1, 0.15) is 17.3 Å². The first-order chi connectivity index (χ1) is 10.1. The molecule has 21 heavy (non-hydrogen) atoms. The normalized spacial score (nSPS) is 10.8. The Morgan fingerprint density at radius 2 is 2.05 bits per heavy atom. The summed E-state index contributed by atoms with van der Waals surface area (Å²) in [7, 11) is 3.46. The van der Waals surface area contributed by atoms with Gasteiger partial charge in [-0.3, -0.25) is 4.68 Å². The molecule has 6 heteroatoms. The standard InChI is InChI=1S/C15H14ClN3OS/c1-19-15(17)12(9-5-3-4-6-11(9)20-2)13(18-19)14-10(16)7-8-21-14/h3-8H,17H2,1-2H3. The molecule has 1 aromatic carbocycles. The number of anilines is 1. The summed E-state index contributed by atoms with van der Waals surface area (Å²) in [6, 6.07) is 9.61. The van der Waals surface area contributed by atoms with Crippen molar-refractivity contribution in [2.45, 2.75) is 0 Å². The molecule has 0 aliphatic heterocycles. The molecule has 0 aliphatic rings. The lowest BCUT2D eigenvalue weighted by Crippen LogP contribution is -1.98. The van der Waals surface area contributed by atoms with Crippen LogP contribution in [0.3, 0.4) is 0 Å². The zero-order valence-electron chi connectivity index (χ0n) is 11.6. The van der Waals surface area contributed by atoms with Crippen LogP contribution >= 0.6 is 22.9 Å². The van der Waals surface area contributed by atoms with Gasteiger partial charge in [-0.1, -0.05) is 29.8 Å². The van der Waals surface area contributed by atoms with Crippen LogP contribution < -0.4 is 10.5 Å². The largest absolute Gasteiger partial charge is 0.496 e. The van der Waals surface area contributed by atoms with Crippen molar-refractivity contribution >= 4 is 28.8 Å². The minimum Gasteiger partial charge on any atom is -0.496 e. The Morgan fingerprint density at radius 1 is 1.29 bits per heavy atom. The van der Waals surface area contributed by atoms with Crippen LogP contribution in [0.25, 0.3) is 21.7 Å². The number of nitrogen functional groups attached to an aromatic ring is 1. The highest BCUT2D eigenvalue weighted by atomic mass is 35.5. The number of hydrogen-bond donors (Lipinski definition) is 1. The van der Waals surface area contributed by atoms with E-state index in [1.54, 1.807) is 23.1 Å². The van der Waals surface area contributed by atoms with Crippen molar-refractivity contribution < 1.29 is 4.74 Å². The summed E-state index contributed by atoms with van der Waals surface area (Å²) in [5, 5.41) is 7.14. The number of nitrogens with two attached hydrogens (primary N) is 1. The lowest BCUT2D eigenvalue weighted by molar-refractivity contribution is 0.416. The van der Waals surface area contributed by atoms with Crippen LogP contribution in [0.15, 0.2) is 35.7 Å². The fraction of sp³-hybridized carbons (Fsp3) is 0.133. The lowest BCUT2D eigenvalue weighted by atomic mass is 10.0. The van der Waals surface area contributed by atoms with Gasteiger partial charge in [-0.15, -0.1) is 11.3 Å². The van der Waals surface area contributed by atoms with Crippen LogP contribution in [-0.4, -0.2) is 16.9 Å². The van der Waals surface area contributed by atoms with E-state index in [0.717, 1.165) is 27.4 Å². The summed E-state index contributed by atoms with van der Waals surface area (Å²) >= 11 is 7.80. The van der Waals surface area contributed by atoms with Gasteiger partial charge in [0.15, 0.2) is 0 Å². The maximum absolute atomic E-state index is 6.26. The van der Waals surface area contributed by atoms with Crippen molar-refractivity contribution in [3.05, 3.63) is 40.7 Å². The highest BCUT2D eigenvalue weighted by Gasteiger charge is 2.22. The Kier molecular flexibility index (Phi) is 3.61. The van der Waals surface area contributed by atoms with Crippen molar-refractivity contribution in [2.24, 2.45) is 7.05 Å². The summed E-state index contributed by atoms with van der Waals surface area (Å²) in [5.41, 5.74) is 8.75. The molecule has 2 N–H and O–H groups in total.